The molecule has 1 amide bonds. The predicted molar refractivity (Wildman–Crippen MR) is 94.6 cm³/mol. The first-order chi connectivity index (χ1) is 12.1. The van der Waals surface area contributed by atoms with E-state index >= 15 is 0 Å². The molecule has 0 radical (unpaired) electrons. The summed E-state index contributed by atoms with van der Waals surface area (Å²) in [6.45, 7) is 3.91. The van der Waals surface area contributed by atoms with Crippen LogP contribution in [-0.4, -0.2) is 27.3 Å². The third-order valence-corrected chi connectivity index (χ3v) is 3.81. The maximum absolute atomic E-state index is 12.1. The first-order valence-electron chi connectivity index (χ1n) is 8.05. The number of carbonyl (C=O) groups is 1. The van der Waals surface area contributed by atoms with Crippen molar-refractivity contribution in [2.75, 3.05) is 6.61 Å². The van der Waals surface area contributed by atoms with Crippen LogP contribution < -0.4 is 10.1 Å². The molecule has 0 saturated carbocycles. The Labute approximate surface area is 146 Å². The van der Waals surface area contributed by atoms with Crippen LogP contribution in [0.4, 0.5) is 0 Å². The molecule has 1 N–H and O–H groups in total. The minimum absolute atomic E-state index is 0.00909. The lowest BCUT2D eigenvalue weighted by Crippen LogP contribution is -2.31. The number of rotatable bonds is 6. The van der Waals surface area contributed by atoms with Gasteiger partial charge in [-0.3, -0.25) is 4.79 Å². The zero-order chi connectivity index (χ0) is 17.6. The molecule has 0 aliphatic heterocycles. The second-order valence-corrected chi connectivity index (χ2v) is 5.83. The summed E-state index contributed by atoms with van der Waals surface area (Å²) in [5.41, 5.74) is 3.02. The average Bonchev–Trinajstić information content (AvgIpc) is 3.15. The Balaban J connectivity index is 1.54. The lowest BCUT2D eigenvalue weighted by atomic mass is 10.1. The van der Waals surface area contributed by atoms with Crippen molar-refractivity contribution in [1.29, 1.82) is 0 Å². The Bertz CT molecular complexity index is 829. The van der Waals surface area contributed by atoms with Gasteiger partial charge in [-0.2, -0.15) is 5.10 Å². The van der Waals surface area contributed by atoms with Crippen molar-refractivity contribution < 1.29 is 9.53 Å². The van der Waals surface area contributed by atoms with E-state index in [4.69, 9.17) is 4.74 Å². The van der Waals surface area contributed by atoms with Crippen LogP contribution in [0.3, 0.4) is 0 Å². The number of hydrogen-bond acceptors (Lipinski definition) is 4. The van der Waals surface area contributed by atoms with Crippen molar-refractivity contribution >= 4 is 5.91 Å². The number of hydrogen-bond donors (Lipinski definition) is 1. The summed E-state index contributed by atoms with van der Waals surface area (Å²) in [6, 6.07) is 15.3. The third-order valence-electron chi connectivity index (χ3n) is 3.81. The molecule has 25 heavy (non-hydrogen) atoms. The highest BCUT2D eigenvalue weighted by Gasteiger charge is 2.10. The van der Waals surface area contributed by atoms with E-state index in [0.717, 1.165) is 16.8 Å². The summed E-state index contributed by atoms with van der Waals surface area (Å²) in [7, 11) is 0. The van der Waals surface area contributed by atoms with E-state index in [2.05, 4.69) is 15.4 Å². The van der Waals surface area contributed by atoms with Crippen molar-refractivity contribution in [3.05, 3.63) is 72.3 Å². The first-order valence-corrected chi connectivity index (χ1v) is 8.05. The molecule has 128 valence electrons. The molecule has 0 aliphatic carbocycles. The van der Waals surface area contributed by atoms with Crippen LogP contribution in [0.25, 0.3) is 5.69 Å². The van der Waals surface area contributed by atoms with Crippen LogP contribution in [0, 0.1) is 6.92 Å². The van der Waals surface area contributed by atoms with Crippen molar-refractivity contribution in [1.82, 2.24) is 20.1 Å². The van der Waals surface area contributed by atoms with Gasteiger partial charge in [0.05, 0.1) is 11.7 Å². The number of carbonyl (C=O) groups excluding carboxylic acids is 1. The van der Waals surface area contributed by atoms with Gasteiger partial charge in [0.2, 0.25) is 0 Å². The molecule has 1 atom stereocenters. The molecule has 2 aromatic carbocycles. The molecular formula is C19H20N4O2. The lowest BCUT2D eigenvalue weighted by Gasteiger charge is -2.15. The molecule has 3 aromatic rings. The second kappa shape index (κ2) is 7.61. The van der Waals surface area contributed by atoms with Crippen LogP contribution in [0.1, 0.15) is 24.1 Å². The molecular weight excluding hydrogens is 316 g/mol. The van der Waals surface area contributed by atoms with E-state index in [1.165, 1.54) is 6.33 Å². The van der Waals surface area contributed by atoms with Gasteiger partial charge in [0.1, 0.15) is 18.4 Å². The van der Waals surface area contributed by atoms with Gasteiger partial charge in [-0.15, -0.1) is 0 Å². The van der Waals surface area contributed by atoms with Gasteiger partial charge in [0.25, 0.3) is 5.91 Å². The Morgan fingerprint density at radius 1 is 1.24 bits per heavy atom. The van der Waals surface area contributed by atoms with Crippen LogP contribution in [0.5, 0.6) is 5.75 Å². The number of nitrogens with one attached hydrogen (secondary N) is 1. The van der Waals surface area contributed by atoms with E-state index in [1.807, 2.05) is 62.4 Å². The Hall–Kier alpha value is -3.15. The van der Waals surface area contributed by atoms with Gasteiger partial charge in [0.15, 0.2) is 6.61 Å². The van der Waals surface area contributed by atoms with Gasteiger partial charge in [-0.25, -0.2) is 9.67 Å². The van der Waals surface area contributed by atoms with Gasteiger partial charge in [-0.05, 0) is 49.2 Å². The predicted octanol–water partition coefficient (Wildman–Crippen LogP) is 2.83. The second-order valence-electron chi connectivity index (χ2n) is 5.83. The highest BCUT2D eigenvalue weighted by molar-refractivity contribution is 5.78. The van der Waals surface area contributed by atoms with E-state index in [1.54, 1.807) is 11.0 Å². The summed E-state index contributed by atoms with van der Waals surface area (Å²) in [4.78, 5) is 16.0. The molecule has 6 heteroatoms. The SMILES string of the molecule is Cc1cccc(OCC(=O)N[C@@H](C)c2ccc(-n3cncn3)cc2)c1. The van der Waals surface area contributed by atoms with Crippen LogP contribution in [0.15, 0.2) is 61.2 Å². The van der Waals surface area contributed by atoms with Crippen molar-refractivity contribution in [3.8, 4) is 11.4 Å². The number of aryl methyl sites for hydroxylation is 1. The monoisotopic (exact) mass is 336 g/mol. The largest absolute Gasteiger partial charge is 0.484 e. The number of aromatic nitrogens is 3. The Morgan fingerprint density at radius 3 is 2.72 bits per heavy atom. The maximum Gasteiger partial charge on any atom is 0.258 e. The summed E-state index contributed by atoms with van der Waals surface area (Å²) in [6.07, 6.45) is 3.13. The van der Waals surface area contributed by atoms with E-state index in [0.29, 0.717) is 5.75 Å². The lowest BCUT2D eigenvalue weighted by molar-refractivity contribution is -0.123. The fourth-order valence-electron chi connectivity index (χ4n) is 2.48. The van der Waals surface area contributed by atoms with E-state index in [9.17, 15) is 4.79 Å². The number of ether oxygens (including phenoxy) is 1. The normalized spacial score (nSPS) is 11.8. The van der Waals surface area contributed by atoms with Crippen LogP contribution in [-0.2, 0) is 4.79 Å². The molecule has 0 unspecified atom stereocenters. The van der Waals surface area contributed by atoms with E-state index < -0.39 is 0 Å². The minimum Gasteiger partial charge on any atom is -0.484 e. The highest BCUT2D eigenvalue weighted by Crippen LogP contribution is 2.16. The third kappa shape index (κ3) is 4.44. The summed E-state index contributed by atoms with van der Waals surface area (Å²) >= 11 is 0. The number of nitrogens with zero attached hydrogens (tertiary/aromatic N) is 3. The zero-order valence-electron chi connectivity index (χ0n) is 14.2. The molecule has 0 bridgehead atoms. The maximum atomic E-state index is 12.1. The van der Waals surface area contributed by atoms with Gasteiger partial charge >= 0.3 is 0 Å². The zero-order valence-corrected chi connectivity index (χ0v) is 14.2. The smallest absolute Gasteiger partial charge is 0.258 e. The molecule has 3 rings (SSSR count). The van der Waals surface area contributed by atoms with E-state index in [-0.39, 0.29) is 18.6 Å². The summed E-state index contributed by atoms with van der Waals surface area (Å²) < 4.78 is 7.21. The van der Waals surface area contributed by atoms with Crippen molar-refractivity contribution in [2.24, 2.45) is 0 Å². The Kier molecular flexibility index (Phi) is 5.09. The fraction of sp³-hybridized carbons (Fsp3) is 0.211. The van der Waals surface area contributed by atoms with Gasteiger partial charge < -0.3 is 10.1 Å². The molecule has 1 heterocycles. The topological polar surface area (TPSA) is 69.0 Å². The average molecular weight is 336 g/mol. The molecule has 6 nitrogen and oxygen atoms in total. The first kappa shape index (κ1) is 16.7. The highest BCUT2D eigenvalue weighted by atomic mass is 16.5. The molecule has 0 saturated heterocycles. The summed E-state index contributed by atoms with van der Waals surface area (Å²) in [5.74, 6) is 0.536. The number of benzene rings is 2. The standard InChI is InChI=1S/C19H20N4O2/c1-14-4-3-5-18(10-14)25-11-19(24)22-15(2)16-6-8-17(9-7-16)23-13-20-12-21-23/h3-10,12-13,15H,11H2,1-2H3,(H,22,24)/t15-/m0/s1. The summed E-state index contributed by atoms with van der Waals surface area (Å²) in [5, 5.41) is 7.02. The molecule has 0 aliphatic rings. The van der Waals surface area contributed by atoms with Crippen molar-refractivity contribution in [2.45, 2.75) is 19.9 Å². The Morgan fingerprint density at radius 2 is 2.04 bits per heavy atom. The quantitative estimate of drug-likeness (QED) is 0.751. The minimum atomic E-state index is -0.158. The van der Waals surface area contributed by atoms with Crippen molar-refractivity contribution in [3.63, 3.8) is 0 Å². The number of amides is 1. The van der Waals surface area contributed by atoms with Gasteiger partial charge in [-0.1, -0.05) is 24.3 Å². The van der Waals surface area contributed by atoms with Crippen LogP contribution >= 0.6 is 0 Å². The fourth-order valence-corrected chi connectivity index (χ4v) is 2.48. The molecule has 0 spiro atoms. The molecule has 1 aromatic heterocycles. The van der Waals surface area contributed by atoms with Crippen LogP contribution in [0.2, 0.25) is 0 Å². The molecule has 0 fully saturated rings. The van der Waals surface area contributed by atoms with Gasteiger partial charge in [0, 0.05) is 0 Å².